The zero-order chi connectivity index (χ0) is 17.4. The van der Waals surface area contributed by atoms with Gasteiger partial charge in [-0.05, 0) is 13.3 Å². The highest BCUT2D eigenvalue weighted by Gasteiger charge is 2.22. The zero-order valence-corrected chi connectivity index (χ0v) is 14.9. The molecule has 3 amide bonds. The van der Waals surface area contributed by atoms with E-state index in [1.54, 1.807) is 12.0 Å². The lowest BCUT2D eigenvalue weighted by molar-refractivity contribution is -0.121. The number of rotatable bonds is 9. The second-order valence-corrected chi connectivity index (χ2v) is 6.41. The lowest BCUT2D eigenvalue weighted by atomic mass is 10.3. The first-order valence-electron chi connectivity index (χ1n) is 7.96. The van der Waals surface area contributed by atoms with Gasteiger partial charge in [-0.25, -0.2) is 9.78 Å². The summed E-state index contributed by atoms with van der Waals surface area (Å²) in [7, 11) is 1.62. The Kier molecular flexibility index (Phi) is 7.41. The van der Waals surface area contributed by atoms with Gasteiger partial charge in [0.2, 0.25) is 5.91 Å². The van der Waals surface area contributed by atoms with Crippen molar-refractivity contribution in [3.63, 3.8) is 0 Å². The van der Waals surface area contributed by atoms with Crippen molar-refractivity contribution in [1.29, 1.82) is 0 Å². The molecule has 0 spiro atoms. The van der Waals surface area contributed by atoms with Gasteiger partial charge in [0.25, 0.3) is 0 Å². The number of nitrogens with one attached hydrogen (secondary N) is 2. The number of hydrogen-bond acceptors (Lipinski definition) is 6. The third-order valence-electron chi connectivity index (χ3n) is 3.40. The van der Waals surface area contributed by atoms with Crippen molar-refractivity contribution in [2.75, 3.05) is 44.9 Å². The van der Waals surface area contributed by atoms with Crippen LogP contribution in [0.1, 0.15) is 19.0 Å². The van der Waals surface area contributed by atoms with E-state index in [4.69, 9.17) is 9.47 Å². The fourth-order valence-electron chi connectivity index (χ4n) is 2.25. The van der Waals surface area contributed by atoms with Crippen LogP contribution in [0.2, 0.25) is 0 Å². The van der Waals surface area contributed by atoms with Crippen molar-refractivity contribution in [3.8, 4) is 0 Å². The van der Waals surface area contributed by atoms with Crippen LogP contribution in [0, 0.1) is 0 Å². The molecule has 1 aliphatic rings. The Morgan fingerprint density at radius 3 is 3.12 bits per heavy atom. The first kappa shape index (κ1) is 18.6. The van der Waals surface area contributed by atoms with Crippen LogP contribution in [0.4, 0.5) is 9.93 Å². The molecule has 24 heavy (non-hydrogen) atoms. The Balaban J connectivity index is 1.77. The molecule has 2 N–H and O–H groups in total. The number of amides is 3. The number of aromatic nitrogens is 1. The molecule has 1 aromatic heterocycles. The number of hydrogen-bond donors (Lipinski definition) is 2. The Labute approximate surface area is 145 Å². The number of carbonyl (C=O) groups excluding carboxylic acids is 2. The molecule has 0 radical (unpaired) electrons. The summed E-state index contributed by atoms with van der Waals surface area (Å²) in [5, 5.41) is 8.10. The smallest absolute Gasteiger partial charge is 0.323 e. The first-order valence-corrected chi connectivity index (χ1v) is 8.84. The maximum absolute atomic E-state index is 12.0. The van der Waals surface area contributed by atoms with Gasteiger partial charge >= 0.3 is 6.03 Å². The molecule has 9 heteroatoms. The van der Waals surface area contributed by atoms with Gasteiger partial charge < -0.3 is 20.1 Å². The second-order valence-electron chi connectivity index (χ2n) is 5.57. The Morgan fingerprint density at radius 2 is 2.38 bits per heavy atom. The number of urea groups is 1. The van der Waals surface area contributed by atoms with E-state index in [9.17, 15) is 9.59 Å². The number of ether oxygens (including phenoxy) is 2. The zero-order valence-electron chi connectivity index (χ0n) is 14.0. The van der Waals surface area contributed by atoms with Gasteiger partial charge in [0.1, 0.15) is 0 Å². The predicted molar refractivity (Wildman–Crippen MR) is 91.5 cm³/mol. The molecule has 134 valence electrons. The van der Waals surface area contributed by atoms with Gasteiger partial charge in [0.15, 0.2) is 5.13 Å². The number of methoxy groups -OCH3 is 1. The van der Waals surface area contributed by atoms with Crippen LogP contribution >= 0.6 is 11.3 Å². The monoisotopic (exact) mass is 356 g/mol. The van der Waals surface area contributed by atoms with E-state index in [2.05, 4.69) is 15.6 Å². The van der Waals surface area contributed by atoms with Crippen molar-refractivity contribution in [3.05, 3.63) is 11.1 Å². The van der Waals surface area contributed by atoms with Gasteiger partial charge in [0, 0.05) is 31.6 Å². The maximum Gasteiger partial charge on any atom is 0.323 e. The summed E-state index contributed by atoms with van der Waals surface area (Å²) in [6.07, 6.45) is 1.08. The summed E-state index contributed by atoms with van der Waals surface area (Å²) in [5.74, 6) is -0.113. The average Bonchev–Trinajstić information content (AvgIpc) is 3.00. The number of anilines is 1. The third kappa shape index (κ3) is 5.73. The van der Waals surface area contributed by atoms with E-state index in [-0.39, 0.29) is 24.4 Å². The molecule has 1 unspecified atom stereocenters. The minimum Gasteiger partial charge on any atom is -0.382 e. The second kappa shape index (κ2) is 9.55. The van der Waals surface area contributed by atoms with Gasteiger partial charge in [-0.3, -0.25) is 9.69 Å². The number of thiazole rings is 1. The van der Waals surface area contributed by atoms with Crippen LogP contribution in [0.25, 0.3) is 0 Å². The van der Waals surface area contributed by atoms with Crippen molar-refractivity contribution >= 4 is 28.4 Å². The molecule has 0 aliphatic carbocycles. The number of carbonyl (C=O) groups is 2. The van der Waals surface area contributed by atoms with Crippen molar-refractivity contribution in [2.45, 2.75) is 25.8 Å². The Morgan fingerprint density at radius 1 is 1.54 bits per heavy atom. The lowest BCUT2D eigenvalue weighted by Gasteiger charge is -2.24. The molecule has 8 nitrogen and oxygen atoms in total. The van der Waals surface area contributed by atoms with E-state index in [0.717, 1.165) is 6.42 Å². The summed E-state index contributed by atoms with van der Waals surface area (Å²) in [4.78, 5) is 29.8. The standard InChI is InChI=1S/C15H24N4O4S/c1-11(9-23-7-6-22-2)17-13(20)8-12-10-24-15(18-12)19-5-3-4-16-14(19)21/h10-11H,3-9H2,1-2H3,(H,16,21)(H,17,20). The van der Waals surface area contributed by atoms with Crippen LogP contribution in [0.15, 0.2) is 5.38 Å². The molecular weight excluding hydrogens is 332 g/mol. The summed E-state index contributed by atoms with van der Waals surface area (Å²) in [6, 6.07) is -0.214. The highest BCUT2D eigenvalue weighted by atomic mass is 32.1. The fraction of sp³-hybridized carbons (Fsp3) is 0.667. The molecule has 1 aliphatic heterocycles. The molecule has 1 aromatic rings. The molecule has 0 aromatic carbocycles. The maximum atomic E-state index is 12.0. The highest BCUT2D eigenvalue weighted by Crippen LogP contribution is 2.22. The van der Waals surface area contributed by atoms with Crippen molar-refractivity contribution in [2.24, 2.45) is 0 Å². The average molecular weight is 356 g/mol. The van der Waals surface area contributed by atoms with E-state index < -0.39 is 0 Å². The predicted octanol–water partition coefficient (Wildman–Crippen LogP) is 0.773. The summed E-state index contributed by atoms with van der Waals surface area (Å²) >= 11 is 1.38. The van der Waals surface area contributed by atoms with E-state index in [1.165, 1.54) is 11.3 Å². The minimum absolute atomic E-state index is 0.0830. The molecule has 1 atom stereocenters. The lowest BCUT2D eigenvalue weighted by Crippen LogP contribution is -2.46. The fourth-order valence-corrected chi connectivity index (χ4v) is 3.10. The van der Waals surface area contributed by atoms with E-state index >= 15 is 0 Å². The normalized spacial score (nSPS) is 15.9. The van der Waals surface area contributed by atoms with Crippen LogP contribution in [-0.2, 0) is 20.7 Å². The summed E-state index contributed by atoms with van der Waals surface area (Å²) in [5.41, 5.74) is 0.665. The molecule has 2 heterocycles. The molecule has 2 rings (SSSR count). The van der Waals surface area contributed by atoms with Gasteiger partial charge in [0.05, 0.1) is 31.9 Å². The molecule has 0 saturated carbocycles. The van der Waals surface area contributed by atoms with Crippen LogP contribution in [-0.4, -0.2) is 63.0 Å². The van der Waals surface area contributed by atoms with Gasteiger partial charge in [-0.2, -0.15) is 0 Å². The Hall–Kier alpha value is -1.71. The first-order chi connectivity index (χ1) is 11.6. The molecule has 1 fully saturated rings. The summed E-state index contributed by atoms with van der Waals surface area (Å²) in [6.45, 7) is 4.71. The quantitative estimate of drug-likeness (QED) is 0.638. The van der Waals surface area contributed by atoms with Crippen LogP contribution in [0.3, 0.4) is 0 Å². The van der Waals surface area contributed by atoms with Crippen molar-refractivity contribution < 1.29 is 19.1 Å². The minimum atomic E-state index is -0.131. The van der Waals surface area contributed by atoms with Crippen LogP contribution < -0.4 is 15.5 Å². The number of nitrogens with zero attached hydrogens (tertiary/aromatic N) is 2. The summed E-state index contributed by atoms with van der Waals surface area (Å²) < 4.78 is 10.3. The SMILES string of the molecule is COCCOCC(C)NC(=O)Cc1csc(N2CCCNC2=O)n1. The molecule has 1 saturated heterocycles. The van der Waals surface area contributed by atoms with Gasteiger partial charge in [-0.1, -0.05) is 0 Å². The molecule has 0 bridgehead atoms. The van der Waals surface area contributed by atoms with Gasteiger partial charge in [-0.15, -0.1) is 11.3 Å². The van der Waals surface area contributed by atoms with E-state index in [1.807, 2.05) is 12.3 Å². The highest BCUT2D eigenvalue weighted by molar-refractivity contribution is 7.14. The molecular formula is C15H24N4O4S. The topological polar surface area (TPSA) is 92.8 Å². The van der Waals surface area contributed by atoms with E-state index in [0.29, 0.717) is 43.7 Å². The Bertz CT molecular complexity index is 551. The van der Waals surface area contributed by atoms with Crippen LogP contribution in [0.5, 0.6) is 0 Å². The van der Waals surface area contributed by atoms with Crippen molar-refractivity contribution in [1.82, 2.24) is 15.6 Å². The largest absolute Gasteiger partial charge is 0.382 e. The third-order valence-corrected chi connectivity index (χ3v) is 4.31.